The average molecular weight is 346 g/mol. The van der Waals surface area contributed by atoms with Crippen molar-refractivity contribution >= 4 is 43.8 Å². The van der Waals surface area contributed by atoms with Crippen LogP contribution in [0.4, 0.5) is 0 Å². The fourth-order valence-electron chi connectivity index (χ4n) is 1.18. The summed E-state index contributed by atoms with van der Waals surface area (Å²) in [5.74, 6) is -3.04. The first-order chi connectivity index (χ1) is 10.2. The van der Waals surface area contributed by atoms with Crippen molar-refractivity contribution in [1.29, 1.82) is 0 Å². The number of hydrogen-bond acceptors (Lipinski definition) is 8. The lowest BCUT2D eigenvalue weighted by Crippen LogP contribution is -2.10. The van der Waals surface area contributed by atoms with Gasteiger partial charge < -0.3 is 9.47 Å². The second-order valence-electron chi connectivity index (χ2n) is 3.67. The number of carbonyl (C=O) groups is 2. The van der Waals surface area contributed by atoms with Crippen LogP contribution in [0.15, 0.2) is 43.9 Å². The van der Waals surface area contributed by atoms with Gasteiger partial charge in [-0.15, -0.1) is 8.80 Å². The van der Waals surface area contributed by atoms with Crippen LogP contribution in [-0.2, 0) is 39.1 Å². The lowest BCUT2D eigenvalue weighted by Gasteiger charge is -1.97. The minimum absolute atomic E-state index is 0.447. The standard InChI is InChI=1S/C10H6N2O8S2/c13-9(19-7-3-5-21(15,16)11-7)1-2-10(14)20-8-4-6-22(17,18)12-8/h1-6H/b2-1+. The summed E-state index contributed by atoms with van der Waals surface area (Å²) in [5, 5.41) is 1.47. The molecule has 0 N–H and O–H groups in total. The monoisotopic (exact) mass is 346 g/mol. The number of ether oxygens (including phenoxy) is 2. The summed E-state index contributed by atoms with van der Waals surface area (Å²) in [4.78, 5) is 22.6. The van der Waals surface area contributed by atoms with E-state index in [1.807, 2.05) is 0 Å². The maximum Gasteiger partial charge on any atom is 0.337 e. The molecule has 0 aromatic carbocycles. The summed E-state index contributed by atoms with van der Waals surface area (Å²) in [7, 11) is -7.53. The predicted octanol–water partition coefficient (Wildman–Crippen LogP) is -0.860. The van der Waals surface area contributed by atoms with Crippen LogP contribution in [0.2, 0.25) is 0 Å². The molecule has 0 aliphatic carbocycles. The number of nitrogens with zero attached hydrogens (tertiary/aromatic N) is 2. The Morgan fingerprint density at radius 3 is 1.45 bits per heavy atom. The van der Waals surface area contributed by atoms with Crippen LogP contribution < -0.4 is 0 Å². The number of sulfonamides is 2. The summed E-state index contributed by atoms with van der Waals surface area (Å²) in [6.45, 7) is 0. The van der Waals surface area contributed by atoms with E-state index in [9.17, 15) is 26.4 Å². The van der Waals surface area contributed by atoms with Gasteiger partial charge in [-0.1, -0.05) is 0 Å². The third kappa shape index (κ3) is 4.46. The molecular formula is C10H6N2O8S2. The lowest BCUT2D eigenvalue weighted by molar-refractivity contribution is -0.132. The molecular weight excluding hydrogens is 340 g/mol. The largest absolute Gasteiger partial charge is 0.403 e. The first kappa shape index (κ1) is 15.8. The fourth-order valence-corrected chi connectivity index (χ4v) is 2.57. The summed E-state index contributed by atoms with van der Waals surface area (Å²) < 4.78 is 58.8. The maximum atomic E-state index is 11.3. The molecule has 0 fully saturated rings. The van der Waals surface area contributed by atoms with Gasteiger partial charge in [0.25, 0.3) is 20.0 Å². The van der Waals surface area contributed by atoms with E-state index < -0.39 is 43.8 Å². The Labute approximate surface area is 124 Å². The van der Waals surface area contributed by atoms with Gasteiger partial charge >= 0.3 is 11.9 Å². The molecule has 0 radical (unpaired) electrons. The van der Waals surface area contributed by atoms with Crippen molar-refractivity contribution in [1.82, 2.24) is 0 Å². The van der Waals surface area contributed by atoms with E-state index in [4.69, 9.17) is 0 Å². The Morgan fingerprint density at radius 1 is 0.818 bits per heavy atom. The fraction of sp³-hybridized carbons (Fsp3) is 0. The highest BCUT2D eigenvalue weighted by atomic mass is 32.2. The van der Waals surface area contributed by atoms with Gasteiger partial charge in [-0.3, -0.25) is 0 Å². The molecule has 0 amide bonds. The van der Waals surface area contributed by atoms with E-state index in [1.165, 1.54) is 0 Å². The molecule has 116 valence electrons. The molecule has 0 unspecified atom stereocenters. The first-order valence-electron chi connectivity index (χ1n) is 5.33. The van der Waals surface area contributed by atoms with Crippen LogP contribution in [0, 0.1) is 0 Å². The molecule has 0 spiro atoms. The van der Waals surface area contributed by atoms with Gasteiger partial charge in [0.1, 0.15) is 0 Å². The molecule has 0 aromatic rings. The van der Waals surface area contributed by atoms with Crippen molar-refractivity contribution in [3.63, 3.8) is 0 Å². The van der Waals surface area contributed by atoms with Crippen LogP contribution >= 0.6 is 0 Å². The highest BCUT2D eigenvalue weighted by Gasteiger charge is 2.17. The number of esters is 2. The van der Waals surface area contributed by atoms with Crippen molar-refractivity contribution in [2.45, 2.75) is 0 Å². The van der Waals surface area contributed by atoms with Crippen molar-refractivity contribution in [2.75, 3.05) is 0 Å². The normalized spacial score (nSPS) is 20.7. The minimum atomic E-state index is -3.76. The van der Waals surface area contributed by atoms with Gasteiger partial charge in [0.2, 0.25) is 11.8 Å². The topological polar surface area (TPSA) is 146 Å². The Morgan fingerprint density at radius 2 is 1.18 bits per heavy atom. The third-order valence-corrected chi connectivity index (χ3v) is 3.79. The van der Waals surface area contributed by atoms with Crippen molar-refractivity contribution < 1.29 is 35.9 Å². The van der Waals surface area contributed by atoms with E-state index in [-0.39, 0.29) is 0 Å². The molecule has 0 bridgehead atoms. The number of rotatable bonds is 2. The molecule has 0 atom stereocenters. The van der Waals surface area contributed by atoms with Crippen LogP contribution in [0.1, 0.15) is 0 Å². The van der Waals surface area contributed by atoms with Crippen molar-refractivity contribution in [3.05, 3.63) is 35.1 Å². The zero-order valence-corrected chi connectivity index (χ0v) is 12.1. The van der Waals surface area contributed by atoms with Gasteiger partial charge in [0, 0.05) is 24.3 Å². The Balaban J connectivity index is 1.90. The van der Waals surface area contributed by atoms with Gasteiger partial charge in [0.05, 0.1) is 10.8 Å². The van der Waals surface area contributed by atoms with Crippen LogP contribution in [0.3, 0.4) is 0 Å². The minimum Gasteiger partial charge on any atom is -0.403 e. The van der Waals surface area contributed by atoms with Gasteiger partial charge in [-0.2, -0.15) is 16.8 Å². The summed E-state index contributed by atoms with van der Waals surface area (Å²) in [6.07, 6.45) is 3.22. The van der Waals surface area contributed by atoms with Gasteiger partial charge in [-0.05, 0) is 0 Å². The van der Waals surface area contributed by atoms with E-state index >= 15 is 0 Å². The van der Waals surface area contributed by atoms with Gasteiger partial charge in [0.15, 0.2) is 0 Å². The molecule has 2 aliphatic heterocycles. The molecule has 10 nitrogen and oxygen atoms in total. The van der Waals surface area contributed by atoms with E-state index in [0.29, 0.717) is 12.2 Å². The summed E-state index contributed by atoms with van der Waals surface area (Å²) in [5.41, 5.74) is 0. The van der Waals surface area contributed by atoms with Gasteiger partial charge in [-0.25, -0.2) is 9.59 Å². The van der Waals surface area contributed by atoms with Crippen molar-refractivity contribution in [2.24, 2.45) is 8.80 Å². The first-order valence-corrected chi connectivity index (χ1v) is 8.34. The molecule has 2 heterocycles. The Hall–Kier alpha value is -2.60. The number of carbonyl (C=O) groups excluding carboxylic acids is 2. The summed E-state index contributed by atoms with van der Waals surface area (Å²) >= 11 is 0. The number of hydrogen-bond donors (Lipinski definition) is 0. The Kier molecular flexibility index (Phi) is 4.05. The zero-order chi connectivity index (χ0) is 16.4. The van der Waals surface area contributed by atoms with Crippen molar-refractivity contribution in [3.8, 4) is 0 Å². The maximum absolute atomic E-state index is 11.3. The third-order valence-electron chi connectivity index (χ3n) is 1.97. The quantitative estimate of drug-likeness (QED) is 0.464. The second-order valence-corrected chi connectivity index (χ2v) is 6.64. The molecule has 0 saturated carbocycles. The van der Waals surface area contributed by atoms with Crippen LogP contribution in [-0.4, -0.2) is 40.6 Å². The van der Waals surface area contributed by atoms with Crippen LogP contribution in [0.25, 0.3) is 0 Å². The average Bonchev–Trinajstić information content (AvgIpc) is 2.89. The van der Waals surface area contributed by atoms with Crippen LogP contribution in [0.5, 0.6) is 0 Å². The molecule has 2 rings (SSSR count). The lowest BCUT2D eigenvalue weighted by atomic mass is 10.5. The van der Waals surface area contributed by atoms with E-state index in [1.54, 1.807) is 0 Å². The Bertz CT molecular complexity index is 813. The highest BCUT2D eigenvalue weighted by molar-refractivity contribution is 7.93. The molecule has 12 heteroatoms. The summed E-state index contributed by atoms with van der Waals surface area (Å²) in [6, 6.07) is 0. The van der Waals surface area contributed by atoms with E-state index in [0.717, 1.165) is 23.0 Å². The molecule has 22 heavy (non-hydrogen) atoms. The predicted molar refractivity (Wildman–Crippen MR) is 72.3 cm³/mol. The highest BCUT2D eigenvalue weighted by Crippen LogP contribution is 2.08. The van der Waals surface area contributed by atoms with E-state index in [2.05, 4.69) is 18.3 Å². The zero-order valence-electron chi connectivity index (χ0n) is 10.4. The molecule has 0 saturated heterocycles. The molecule has 0 aromatic heterocycles. The smallest absolute Gasteiger partial charge is 0.337 e. The second kappa shape index (κ2) is 5.65. The SMILES string of the molecule is O=C(/C=C/C(=O)OC1=NS(=O)(=O)C=C1)OC1=NS(=O)(=O)C=C1. The molecule has 2 aliphatic rings.